The summed E-state index contributed by atoms with van der Waals surface area (Å²) >= 11 is 1.52. The molecule has 2 bridgehead atoms. The first-order valence-corrected chi connectivity index (χ1v) is 11.2. The maximum absolute atomic E-state index is 13.0. The Kier molecular flexibility index (Phi) is 4.80. The van der Waals surface area contributed by atoms with E-state index in [1.54, 1.807) is 12.3 Å². The standard InChI is InChI=1S/C21H26N4O2S/c26-20(23-15-8-14-4-7-24(11-14)12-15)18-9-16-17(13-28-19(16)10-22-18)21(27)25-5-2-1-3-6-25/h9-10,13-15H,1-8,11-12H2,(H,23,26)/t14-,15-/m1/s1. The Morgan fingerprint density at radius 2 is 2.00 bits per heavy atom. The normalized spacial score (nSPS) is 27.1. The van der Waals surface area contributed by atoms with Gasteiger partial charge in [0, 0.05) is 49.2 Å². The minimum absolute atomic E-state index is 0.0835. The number of fused-ring (bicyclic) bond motifs is 3. The lowest BCUT2D eigenvalue weighted by Gasteiger charge is -2.30. The zero-order chi connectivity index (χ0) is 19.1. The number of hydrogen-bond acceptors (Lipinski definition) is 5. The van der Waals surface area contributed by atoms with Gasteiger partial charge in [0.1, 0.15) is 5.69 Å². The van der Waals surface area contributed by atoms with Crippen molar-refractivity contribution in [2.45, 2.75) is 38.1 Å². The van der Waals surface area contributed by atoms with Gasteiger partial charge in [0.05, 0.1) is 10.3 Å². The van der Waals surface area contributed by atoms with Crippen molar-refractivity contribution in [2.75, 3.05) is 32.7 Å². The fourth-order valence-electron chi connectivity index (χ4n) is 4.91. The lowest BCUT2D eigenvalue weighted by molar-refractivity contribution is 0.0726. The van der Waals surface area contributed by atoms with Crippen LogP contribution in [0.5, 0.6) is 0 Å². The Bertz CT molecular complexity index is 893. The number of nitrogens with one attached hydrogen (secondary N) is 1. The van der Waals surface area contributed by atoms with Crippen LogP contribution in [0.15, 0.2) is 17.6 Å². The lowest BCUT2D eigenvalue weighted by atomic mass is 9.97. The maximum atomic E-state index is 13.0. The first-order chi connectivity index (χ1) is 13.7. The van der Waals surface area contributed by atoms with E-state index in [1.165, 1.54) is 30.7 Å². The smallest absolute Gasteiger partial charge is 0.270 e. The van der Waals surface area contributed by atoms with Crippen LogP contribution in [0.2, 0.25) is 0 Å². The van der Waals surface area contributed by atoms with Crippen LogP contribution in [0.3, 0.4) is 0 Å². The summed E-state index contributed by atoms with van der Waals surface area (Å²) in [6, 6.07) is 2.00. The van der Waals surface area contributed by atoms with E-state index in [-0.39, 0.29) is 17.9 Å². The van der Waals surface area contributed by atoms with Gasteiger partial charge in [0.25, 0.3) is 11.8 Å². The van der Waals surface area contributed by atoms with Gasteiger partial charge in [-0.25, -0.2) is 4.98 Å². The zero-order valence-electron chi connectivity index (χ0n) is 16.0. The second kappa shape index (κ2) is 7.44. The topological polar surface area (TPSA) is 65.5 Å². The van der Waals surface area contributed by atoms with Crippen molar-refractivity contribution in [3.8, 4) is 0 Å². The highest BCUT2D eigenvalue weighted by molar-refractivity contribution is 7.17. The molecule has 3 atom stereocenters. The minimum Gasteiger partial charge on any atom is -0.347 e. The fourth-order valence-corrected chi connectivity index (χ4v) is 5.80. The predicted octanol–water partition coefficient (Wildman–Crippen LogP) is 2.75. The number of carbonyl (C=O) groups excluding carboxylic acids is 2. The average molecular weight is 399 g/mol. The second-order valence-electron chi connectivity index (χ2n) is 8.39. The number of amides is 2. The summed E-state index contributed by atoms with van der Waals surface area (Å²) in [5.41, 5.74) is 1.12. The van der Waals surface area contributed by atoms with Crippen molar-refractivity contribution in [1.29, 1.82) is 0 Å². The van der Waals surface area contributed by atoms with Crippen molar-refractivity contribution in [2.24, 2.45) is 5.92 Å². The number of thiophene rings is 1. The molecule has 1 N–H and O–H groups in total. The number of carbonyl (C=O) groups is 2. The van der Waals surface area contributed by atoms with Gasteiger partial charge in [-0.05, 0) is 50.6 Å². The molecule has 3 aliphatic heterocycles. The van der Waals surface area contributed by atoms with Gasteiger partial charge < -0.3 is 15.1 Å². The molecule has 7 heteroatoms. The largest absolute Gasteiger partial charge is 0.347 e. The summed E-state index contributed by atoms with van der Waals surface area (Å²) < 4.78 is 0.957. The maximum Gasteiger partial charge on any atom is 0.270 e. The second-order valence-corrected chi connectivity index (χ2v) is 9.30. The minimum atomic E-state index is -0.128. The number of pyridine rings is 1. The molecule has 6 nitrogen and oxygen atoms in total. The number of aromatic nitrogens is 1. The molecule has 3 fully saturated rings. The molecule has 3 aliphatic rings. The van der Waals surface area contributed by atoms with E-state index >= 15 is 0 Å². The van der Waals surface area contributed by atoms with E-state index in [2.05, 4.69) is 15.2 Å². The zero-order valence-corrected chi connectivity index (χ0v) is 16.8. The summed E-state index contributed by atoms with van der Waals surface area (Å²) in [5.74, 6) is 0.664. The number of piperidine rings is 2. The van der Waals surface area contributed by atoms with Crippen LogP contribution < -0.4 is 5.32 Å². The molecule has 3 saturated heterocycles. The summed E-state index contributed by atoms with van der Waals surface area (Å²) in [7, 11) is 0. The van der Waals surface area contributed by atoms with Gasteiger partial charge in [0.15, 0.2) is 0 Å². The van der Waals surface area contributed by atoms with Crippen LogP contribution in [0.4, 0.5) is 0 Å². The van der Waals surface area contributed by atoms with Gasteiger partial charge in [-0.15, -0.1) is 11.3 Å². The SMILES string of the molecule is O=C(N[C@@H]1C[C@H]2CCN(C2)C1)c1cc2c(C(=O)N3CCCCC3)csc2cn1. The molecule has 28 heavy (non-hydrogen) atoms. The van der Waals surface area contributed by atoms with E-state index in [4.69, 9.17) is 0 Å². The van der Waals surface area contributed by atoms with E-state index < -0.39 is 0 Å². The van der Waals surface area contributed by atoms with Gasteiger partial charge >= 0.3 is 0 Å². The summed E-state index contributed by atoms with van der Waals surface area (Å²) in [5, 5.41) is 5.94. The Hall–Kier alpha value is -1.99. The molecule has 2 amide bonds. The van der Waals surface area contributed by atoms with Gasteiger partial charge in [-0.2, -0.15) is 0 Å². The molecule has 0 radical (unpaired) electrons. The third kappa shape index (κ3) is 3.42. The highest BCUT2D eigenvalue weighted by atomic mass is 32.1. The summed E-state index contributed by atoms with van der Waals surface area (Å²) in [4.78, 5) is 34.5. The van der Waals surface area contributed by atoms with Crippen molar-refractivity contribution >= 4 is 33.2 Å². The molecule has 1 unspecified atom stereocenters. The van der Waals surface area contributed by atoms with Crippen molar-refractivity contribution in [3.05, 3.63) is 28.9 Å². The van der Waals surface area contributed by atoms with Crippen LogP contribution in [-0.4, -0.2) is 65.4 Å². The molecule has 0 aromatic carbocycles. The highest BCUT2D eigenvalue weighted by Gasteiger charge is 2.33. The molecular weight excluding hydrogens is 372 g/mol. The van der Waals surface area contributed by atoms with E-state index in [1.807, 2.05) is 10.3 Å². The van der Waals surface area contributed by atoms with Crippen molar-refractivity contribution in [3.63, 3.8) is 0 Å². The molecule has 5 rings (SSSR count). The van der Waals surface area contributed by atoms with E-state index in [9.17, 15) is 9.59 Å². The quantitative estimate of drug-likeness (QED) is 0.863. The molecule has 0 spiro atoms. The molecule has 2 aromatic heterocycles. The van der Waals surface area contributed by atoms with Gasteiger partial charge in [0.2, 0.25) is 0 Å². The van der Waals surface area contributed by atoms with Crippen molar-refractivity contribution < 1.29 is 9.59 Å². The van der Waals surface area contributed by atoms with Crippen molar-refractivity contribution in [1.82, 2.24) is 20.1 Å². The summed E-state index contributed by atoms with van der Waals surface area (Å²) in [6.45, 7) is 4.91. The van der Waals surface area contributed by atoms with Crippen LogP contribution >= 0.6 is 11.3 Å². The van der Waals surface area contributed by atoms with Gasteiger partial charge in [-0.1, -0.05) is 0 Å². The molecule has 0 aliphatic carbocycles. The number of likely N-dealkylation sites (tertiary alicyclic amines) is 1. The van der Waals surface area contributed by atoms with Crippen LogP contribution in [0.1, 0.15) is 53.0 Å². The van der Waals surface area contributed by atoms with Crippen LogP contribution in [0.25, 0.3) is 10.1 Å². The third-order valence-corrected chi connectivity index (χ3v) is 7.30. The van der Waals surface area contributed by atoms with E-state index in [0.29, 0.717) is 17.2 Å². The Morgan fingerprint density at radius 3 is 2.82 bits per heavy atom. The molecule has 5 heterocycles. The van der Waals surface area contributed by atoms with Gasteiger partial charge in [-0.3, -0.25) is 9.59 Å². The first kappa shape index (κ1) is 18.1. The molecule has 2 aromatic rings. The Labute approximate surface area is 168 Å². The molecule has 148 valence electrons. The monoisotopic (exact) mass is 398 g/mol. The Balaban J connectivity index is 1.35. The Morgan fingerprint density at radius 1 is 1.14 bits per heavy atom. The fraction of sp³-hybridized carbons (Fsp3) is 0.571. The number of hydrogen-bond donors (Lipinski definition) is 1. The molecule has 0 saturated carbocycles. The van der Waals surface area contributed by atoms with Crippen LogP contribution in [-0.2, 0) is 0 Å². The first-order valence-electron chi connectivity index (χ1n) is 10.4. The summed E-state index contributed by atoms with van der Waals surface area (Å²) in [6.07, 6.45) is 7.37. The average Bonchev–Trinajstić information content (AvgIpc) is 3.30. The number of nitrogens with zero attached hydrogens (tertiary/aromatic N) is 3. The van der Waals surface area contributed by atoms with Crippen LogP contribution in [0, 0.1) is 5.92 Å². The highest BCUT2D eigenvalue weighted by Crippen LogP contribution is 2.29. The third-order valence-electron chi connectivity index (χ3n) is 6.37. The predicted molar refractivity (Wildman–Crippen MR) is 110 cm³/mol. The van der Waals surface area contributed by atoms with E-state index in [0.717, 1.165) is 55.5 Å². The molecular formula is C21H26N4O2S. The lowest BCUT2D eigenvalue weighted by Crippen LogP contribution is -2.47. The number of rotatable bonds is 3.